The molecule has 0 aliphatic heterocycles. The summed E-state index contributed by atoms with van der Waals surface area (Å²) in [6, 6.07) is 0. The molecular weight excluding hydrogens is 747 g/mol. The molecule has 0 saturated carbocycles. The van der Waals surface area contributed by atoms with Crippen molar-refractivity contribution >= 4 is 29.8 Å². The third-order valence-electron chi connectivity index (χ3n) is 9.59. The Morgan fingerprint density at radius 3 is 0.808 bits per heavy atom. The third kappa shape index (κ3) is 6.25. The lowest BCUT2D eigenvalue weighted by Crippen LogP contribution is -2.72. The first kappa shape index (κ1) is 43.0. The first-order chi connectivity index (χ1) is 23.4. The van der Waals surface area contributed by atoms with Crippen molar-refractivity contribution in [3.05, 3.63) is 105 Å². The van der Waals surface area contributed by atoms with E-state index in [0.29, 0.717) is 0 Å². The molecule has 0 amide bonds. The molecule has 286 valence electrons. The predicted molar refractivity (Wildman–Crippen MR) is 172 cm³/mol. The van der Waals surface area contributed by atoms with E-state index >= 15 is 26.3 Å². The standard InChI is InChI=1S/C35H33BF15P/c1-14(13-52(33(2,3)4,34(5,6)7)35(8,9)10)11-12-36(15-18(37)24(43)30(49)25(44)19(15)38,16-20(39)26(45)31(50)27(46)21(16)40)17-22(41)28(47)32(51)29(48)23(17)42/h12H,13H2,1-10H3. The summed E-state index contributed by atoms with van der Waals surface area (Å²) in [4.78, 5) is 0. The normalized spacial score (nSPS) is 13.1. The maximum absolute atomic E-state index is 15.9. The number of halogens is 15. The minimum atomic E-state index is -5.83. The van der Waals surface area contributed by atoms with Gasteiger partial charge >= 0.3 is 0 Å². The Morgan fingerprint density at radius 1 is 0.423 bits per heavy atom. The fourth-order valence-electron chi connectivity index (χ4n) is 8.15. The van der Waals surface area contributed by atoms with Gasteiger partial charge in [0.1, 0.15) is 41.0 Å². The van der Waals surface area contributed by atoms with Crippen LogP contribution in [0.5, 0.6) is 0 Å². The van der Waals surface area contributed by atoms with E-state index in [1.165, 1.54) is 6.92 Å². The van der Waals surface area contributed by atoms with E-state index in [2.05, 4.69) is 5.73 Å². The van der Waals surface area contributed by atoms with Gasteiger partial charge in [0.05, 0.1) is 21.6 Å². The van der Waals surface area contributed by atoms with Crippen LogP contribution < -0.4 is 16.4 Å². The molecule has 17 heteroatoms. The van der Waals surface area contributed by atoms with Gasteiger partial charge in [0.15, 0.2) is 52.4 Å². The van der Waals surface area contributed by atoms with Crippen molar-refractivity contribution < 1.29 is 65.9 Å². The van der Waals surface area contributed by atoms with Crippen LogP contribution in [0.2, 0.25) is 0 Å². The molecule has 0 aromatic heterocycles. The molecular formula is C35H33BF15P. The molecule has 0 radical (unpaired) electrons. The van der Waals surface area contributed by atoms with Crippen LogP contribution in [0.25, 0.3) is 0 Å². The highest BCUT2D eigenvalue weighted by atomic mass is 31.2. The maximum atomic E-state index is 15.9. The number of rotatable bonds is 6. The second kappa shape index (κ2) is 13.8. The minimum absolute atomic E-state index is 0.0858. The summed E-state index contributed by atoms with van der Waals surface area (Å²) >= 11 is 0. The van der Waals surface area contributed by atoms with Crippen LogP contribution in [0.4, 0.5) is 65.9 Å². The number of hydrogen-bond donors (Lipinski definition) is 0. The van der Waals surface area contributed by atoms with Gasteiger partial charge in [-0.1, -0.05) is 0 Å². The molecule has 3 aromatic carbocycles. The summed E-state index contributed by atoms with van der Waals surface area (Å²) in [5, 5.41) is -1.79. The molecule has 0 spiro atoms. The van der Waals surface area contributed by atoms with Crippen molar-refractivity contribution in [3.63, 3.8) is 0 Å². The summed E-state index contributed by atoms with van der Waals surface area (Å²) in [6.07, 6.45) is -5.92. The zero-order chi connectivity index (χ0) is 40.6. The van der Waals surface area contributed by atoms with Gasteiger partial charge < -0.3 is 0 Å². The molecule has 0 bridgehead atoms. The summed E-state index contributed by atoms with van der Waals surface area (Å²) in [5.41, 5.74) is -5.95. The van der Waals surface area contributed by atoms with Gasteiger partial charge in [-0.2, -0.15) is 11.7 Å². The molecule has 52 heavy (non-hydrogen) atoms. The highest BCUT2D eigenvalue weighted by Crippen LogP contribution is 2.83. The van der Waals surface area contributed by atoms with Crippen LogP contribution in [0.1, 0.15) is 69.2 Å². The average Bonchev–Trinajstić information content (AvgIpc) is 3.02. The van der Waals surface area contributed by atoms with Crippen molar-refractivity contribution in [1.29, 1.82) is 0 Å². The van der Waals surface area contributed by atoms with Gasteiger partial charge in [0.2, 0.25) is 0 Å². The van der Waals surface area contributed by atoms with E-state index in [-0.39, 0.29) is 17.7 Å². The first-order valence-electron chi connectivity index (χ1n) is 15.4. The number of allylic oxidation sites excluding steroid dienone is 1. The summed E-state index contributed by atoms with van der Waals surface area (Å²) in [7, 11) is -2.59. The highest BCUT2D eigenvalue weighted by Gasteiger charge is 2.64. The smallest absolute Gasteiger partial charge is 0.200 e. The molecule has 3 rings (SSSR count). The van der Waals surface area contributed by atoms with Crippen molar-refractivity contribution in [2.75, 3.05) is 6.16 Å². The van der Waals surface area contributed by atoms with Crippen LogP contribution >= 0.6 is 7.26 Å². The molecule has 0 fully saturated rings. The average molecular weight is 780 g/mol. The fraction of sp³-hybridized carbons (Fsp3) is 0.400. The largest absolute Gasteiger partial charge is 0.207 e. The summed E-state index contributed by atoms with van der Waals surface area (Å²) in [6.45, 7) is 18.0. The SMILES string of the molecule is CC(=C=C[B-](c1c(F)c(F)c(F)c(F)c1F)(c1c(F)c(F)c(F)c(F)c1F)c1c(F)c(F)c(F)c(F)c1F)C[P+](C(C)(C)C)(C(C)(C)C)C(C)(C)C. The summed E-state index contributed by atoms with van der Waals surface area (Å²) < 4.78 is 227. The van der Waals surface area contributed by atoms with Gasteiger partial charge in [-0.3, -0.25) is 0 Å². The Kier molecular flexibility index (Phi) is 11.4. The molecule has 0 heterocycles. The van der Waals surface area contributed by atoms with Crippen molar-refractivity contribution in [2.45, 2.75) is 84.7 Å². The first-order valence-corrected chi connectivity index (χ1v) is 17.4. The molecule has 0 unspecified atom stereocenters. The van der Waals surface area contributed by atoms with Gasteiger partial charge in [-0.05, 0) is 69.2 Å². The van der Waals surface area contributed by atoms with Gasteiger partial charge in [-0.15, -0.1) is 16.4 Å². The Morgan fingerprint density at radius 2 is 0.615 bits per heavy atom. The van der Waals surface area contributed by atoms with Gasteiger partial charge in [-0.25, -0.2) is 65.9 Å². The van der Waals surface area contributed by atoms with Crippen LogP contribution in [0.3, 0.4) is 0 Å². The van der Waals surface area contributed by atoms with Crippen molar-refractivity contribution in [1.82, 2.24) is 0 Å². The zero-order valence-corrected chi connectivity index (χ0v) is 30.4. The lowest BCUT2D eigenvalue weighted by atomic mass is 9.15. The van der Waals surface area contributed by atoms with Crippen molar-refractivity contribution in [2.24, 2.45) is 0 Å². The molecule has 0 saturated heterocycles. The van der Waals surface area contributed by atoms with Gasteiger partial charge in [0, 0.05) is 12.8 Å². The monoisotopic (exact) mass is 780 g/mol. The molecule has 0 atom stereocenters. The Hall–Kier alpha value is -3.38. The van der Waals surface area contributed by atoms with Crippen molar-refractivity contribution in [3.8, 4) is 0 Å². The fourth-order valence-corrected chi connectivity index (χ4v) is 16.4. The van der Waals surface area contributed by atoms with Gasteiger partial charge in [0.25, 0.3) is 0 Å². The Labute approximate surface area is 291 Å². The van der Waals surface area contributed by atoms with Crippen LogP contribution in [-0.4, -0.2) is 27.8 Å². The minimum Gasteiger partial charge on any atom is -0.207 e. The lowest BCUT2D eigenvalue weighted by Gasteiger charge is -2.54. The Bertz CT molecular complexity index is 1740. The molecule has 0 aliphatic rings. The lowest BCUT2D eigenvalue weighted by molar-refractivity contribution is 0.380. The summed E-state index contributed by atoms with van der Waals surface area (Å²) in [5.74, 6) is -45.7. The second-order valence-corrected chi connectivity index (χ2v) is 21.4. The van der Waals surface area contributed by atoms with E-state index < -0.39 is 133 Å². The van der Waals surface area contributed by atoms with E-state index in [9.17, 15) is 39.5 Å². The van der Waals surface area contributed by atoms with E-state index in [4.69, 9.17) is 0 Å². The number of benzene rings is 3. The second-order valence-electron chi connectivity index (χ2n) is 15.5. The van der Waals surface area contributed by atoms with E-state index in [1.807, 2.05) is 62.3 Å². The quantitative estimate of drug-likeness (QED) is 0.0584. The molecule has 0 N–H and O–H groups in total. The zero-order valence-electron chi connectivity index (χ0n) is 29.5. The van der Waals surface area contributed by atoms with Crippen LogP contribution in [0, 0.1) is 87.3 Å². The van der Waals surface area contributed by atoms with Crippen LogP contribution in [-0.2, 0) is 0 Å². The van der Waals surface area contributed by atoms with Crippen LogP contribution in [0.15, 0.2) is 17.3 Å². The molecule has 0 nitrogen and oxygen atoms in total. The Balaban J connectivity index is 2.94. The van der Waals surface area contributed by atoms with E-state index in [0.717, 1.165) is 0 Å². The molecule has 0 aliphatic carbocycles. The number of hydrogen-bond acceptors (Lipinski definition) is 0. The van der Waals surface area contributed by atoms with E-state index in [1.54, 1.807) is 0 Å². The molecule has 3 aromatic rings. The predicted octanol–water partition coefficient (Wildman–Crippen LogP) is 10.3. The maximum Gasteiger partial charge on any atom is 0.200 e. The highest BCUT2D eigenvalue weighted by molar-refractivity contribution is 7.80. The third-order valence-corrected chi connectivity index (χ3v) is 17.4. The topological polar surface area (TPSA) is 0 Å².